The Morgan fingerprint density at radius 3 is 1.64 bits per heavy atom. The Hall–Kier alpha value is -4.36. The Kier molecular flexibility index (Phi) is 6.57. The van der Waals surface area contributed by atoms with Crippen LogP contribution in [0, 0.1) is 27.7 Å². The van der Waals surface area contributed by atoms with E-state index < -0.39 is 0 Å². The summed E-state index contributed by atoms with van der Waals surface area (Å²) in [4.78, 5) is 2.52. The van der Waals surface area contributed by atoms with Crippen LogP contribution < -0.4 is 4.90 Å². The molecule has 45 heavy (non-hydrogen) atoms. The van der Waals surface area contributed by atoms with E-state index in [-0.39, 0.29) is 10.8 Å². The molecule has 0 heterocycles. The van der Waals surface area contributed by atoms with Gasteiger partial charge >= 0.3 is 0 Å². The lowest BCUT2D eigenvalue weighted by Gasteiger charge is -2.32. The molecule has 1 heteroatoms. The summed E-state index contributed by atoms with van der Waals surface area (Å²) < 4.78 is 0. The van der Waals surface area contributed by atoms with Gasteiger partial charge in [0.2, 0.25) is 0 Å². The van der Waals surface area contributed by atoms with E-state index in [0.29, 0.717) is 0 Å². The number of aryl methyl sites for hydroxylation is 4. The van der Waals surface area contributed by atoms with Crippen LogP contribution in [-0.4, -0.2) is 0 Å². The van der Waals surface area contributed by atoms with Crippen LogP contribution in [0.1, 0.15) is 86.1 Å². The van der Waals surface area contributed by atoms with Crippen LogP contribution >= 0.6 is 0 Å². The van der Waals surface area contributed by atoms with Crippen LogP contribution in [-0.2, 0) is 10.8 Å². The minimum absolute atomic E-state index is 0.0354. The van der Waals surface area contributed by atoms with Crippen LogP contribution in [0.15, 0.2) is 96.6 Å². The monoisotopic (exact) mass is 587 g/mol. The number of fused-ring (bicyclic) bond motifs is 6. The highest BCUT2D eigenvalue weighted by Crippen LogP contribution is 2.59. The van der Waals surface area contributed by atoms with Crippen molar-refractivity contribution < 1.29 is 0 Å². The van der Waals surface area contributed by atoms with Gasteiger partial charge < -0.3 is 4.90 Å². The second kappa shape index (κ2) is 10.1. The number of nitrogens with zero attached hydrogens (tertiary/aromatic N) is 1. The van der Waals surface area contributed by atoms with Crippen molar-refractivity contribution in [2.24, 2.45) is 0 Å². The SMILES string of the molecule is C/C=C1\C(=C/C)c2cc3c(cc2C1(C)C)-c1c(cc(N(c2ccc(C)cc2C)c2ccc(C)cc2C)c2ccccc12)C3(C)C. The maximum absolute atomic E-state index is 2.54. The van der Waals surface area contributed by atoms with Gasteiger partial charge in [-0.25, -0.2) is 0 Å². The van der Waals surface area contributed by atoms with Gasteiger partial charge in [0.25, 0.3) is 0 Å². The molecule has 0 fully saturated rings. The molecule has 0 amide bonds. The summed E-state index contributed by atoms with van der Waals surface area (Å²) >= 11 is 0. The lowest BCUT2D eigenvalue weighted by atomic mass is 9.79. The average molecular weight is 588 g/mol. The molecule has 0 N–H and O–H groups in total. The molecule has 0 saturated carbocycles. The van der Waals surface area contributed by atoms with Crippen LogP contribution in [0.2, 0.25) is 0 Å². The first-order chi connectivity index (χ1) is 21.4. The Balaban J connectivity index is 1.57. The highest BCUT2D eigenvalue weighted by molar-refractivity contribution is 6.10. The maximum atomic E-state index is 2.54. The quantitative estimate of drug-likeness (QED) is 0.203. The fourth-order valence-electron chi connectivity index (χ4n) is 8.49. The molecule has 0 atom stereocenters. The third-order valence-corrected chi connectivity index (χ3v) is 10.7. The third-order valence-electron chi connectivity index (χ3n) is 10.7. The number of benzene rings is 5. The van der Waals surface area contributed by atoms with Crippen molar-refractivity contribution in [3.05, 3.63) is 141 Å². The fraction of sp³-hybridized carbons (Fsp3) is 0.273. The van der Waals surface area contributed by atoms with Crippen LogP contribution in [0.4, 0.5) is 17.1 Å². The maximum Gasteiger partial charge on any atom is 0.0543 e. The summed E-state index contributed by atoms with van der Waals surface area (Å²) in [5.41, 5.74) is 19.9. The highest BCUT2D eigenvalue weighted by atomic mass is 15.1. The molecule has 5 aromatic carbocycles. The molecule has 0 unspecified atom stereocenters. The third kappa shape index (κ3) is 4.13. The zero-order valence-electron chi connectivity index (χ0n) is 28.6. The van der Waals surface area contributed by atoms with E-state index in [4.69, 9.17) is 0 Å². The first-order valence-corrected chi connectivity index (χ1v) is 16.4. The molecule has 226 valence electrons. The zero-order valence-corrected chi connectivity index (χ0v) is 28.6. The molecule has 0 aromatic heterocycles. The van der Waals surface area contributed by atoms with Gasteiger partial charge in [0.1, 0.15) is 0 Å². The van der Waals surface area contributed by atoms with Gasteiger partial charge in [-0.1, -0.05) is 99.5 Å². The first kappa shape index (κ1) is 29.4. The van der Waals surface area contributed by atoms with Gasteiger partial charge in [0.15, 0.2) is 0 Å². The number of hydrogen-bond donors (Lipinski definition) is 0. The van der Waals surface area contributed by atoms with Crippen LogP contribution in [0.3, 0.4) is 0 Å². The molecule has 0 spiro atoms. The molecule has 0 aliphatic heterocycles. The standard InChI is InChI=1S/C44H45N/c1-11-30-33-23-37-34(24-36(33)43(7,8)35(30)12-2)42-32-16-14-13-15-31(32)41(25-38(42)44(37,9)10)45(39-19-17-26(3)21-28(39)5)40-20-18-27(4)22-29(40)6/h11-25H,1-10H3/b30-11-,35-12+. The fourth-order valence-corrected chi connectivity index (χ4v) is 8.49. The van der Waals surface area contributed by atoms with Crippen molar-refractivity contribution in [3.8, 4) is 11.1 Å². The van der Waals surface area contributed by atoms with Crippen LogP contribution in [0.5, 0.6) is 0 Å². The van der Waals surface area contributed by atoms with E-state index in [2.05, 4.69) is 165 Å². The summed E-state index contributed by atoms with van der Waals surface area (Å²) in [6.07, 6.45) is 4.62. The molecular weight excluding hydrogens is 542 g/mol. The summed E-state index contributed by atoms with van der Waals surface area (Å²) in [5, 5.41) is 2.60. The zero-order chi connectivity index (χ0) is 32.0. The van der Waals surface area contributed by atoms with Crippen molar-refractivity contribution in [1.82, 2.24) is 0 Å². The molecule has 5 aromatic rings. The van der Waals surface area contributed by atoms with E-state index in [9.17, 15) is 0 Å². The Morgan fingerprint density at radius 1 is 0.533 bits per heavy atom. The smallest absolute Gasteiger partial charge is 0.0543 e. The molecule has 7 rings (SSSR count). The minimum atomic E-state index is -0.156. The molecule has 1 nitrogen and oxygen atoms in total. The topological polar surface area (TPSA) is 3.24 Å². The van der Waals surface area contributed by atoms with E-state index in [1.165, 1.54) is 94.6 Å². The summed E-state index contributed by atoms with van der Waals surface area (Å²) in [7, 11) is 0. The largest absolute Gasteiger partial charge is 0.309 e. The summed E-state index contributed by atoms with van der Waals surface area (Å²) in [5.74, 6) is 0. The molecule has 0 bridgehead atoms. The normalized spacial score (nSPS) is 17.6. The Labute approximate surface area is 269 Å². The predicted molar refractivity (Wildman–Crippen MR) is 196 cm³/mol. The van der Waals surface area contributed by atoms with Crippen molar-refractivity contribution in [2.75, 3.05) is 4.90 Å². The Bertz CT molecular complexity index is 2060. The Morgan fingerprint density at radius 2 is 1.09 bits per heavy atom. The summed E-state index contributed by atoms with van der Waals surface area (Å²) in [6.45, 7) is 22.8. The van der Waals surface area contributed by atoms with E-state index in [1.807, 2.05) is 0 Å². The number of anilines is 3. The molecule has 2 aliphatic carbocycles. The van der Waals surface area contributed by atoms with Gasteiger partial charge in [0, 0.05) is 27.6 Å². The average Bonchev–Trinajstić information content (AvgIpc) is 3.36. The lowest BCUT2D eigenvalue weighted by molar-refractivity contribution is 0.651. The second-order valence-corrected chi connectivity index (χ2v) is 14.4. The van der Waals surface area contributed by atoms with E-state index >= 15 is 0 Å². The molecule has 2 aliphatic rings. The number of allylic oxidation sites excluding steroid dienone is 4. The number of hydrogen-bond acceptors (Lipinski definition) is 1. The predicted octanol–water partition coefficient (Wildman–Crippen LogP) is 12.5. The molecule has 0 radical (unpaired) electrons. The van der Waals surface area contributed by atoms with Gasteiger partial charge in [-0.15, -0.1) is 0 Å². The molecular formula is C44H45N. The number of rotatable bonds is 3. The van der Waals surface area contributed by atoms with Crippen molar-refractivity contribution >= 4 is 33.4 Å². The summed E-state index contributed by atoms with van der Waals surface area (Å²) in [6, 6.07) is 30.4. The van der Waals surface area contributed by atoms with E-state index in [1.54, 1.807) is 0 Å². The van der Waals surface area contributed by atoms with Crippen molar-refractivity contribution in [2.45, 2.75) is 80.1 Å². The van der Waals surface area contributed by atoms with Gasteiger partial charge in [-0.05, 0) is 133 Å². The lowest BCUT2D eigenvalue weighted by Crippen LogP contribution is -2.18. The van der Waals surface area contributed by atoms with Gasteiger partial charge in [0.05, 0.1) is 5.69 Å². The van der Waals surface area contributed by atoms with Crippen molar-refractivity contribution in [3.63, 3.8) is 0 Å². The van der Waals surface area contributed by atoms with Crippen molar-refractivity contribution in [1.29, 1.82) is 0 Å². The van der Waals surface area contributed by atoms with Gasteiger partial charge in [-0.2, -0.15) is 0 Å². The highest BCUT2D eigenvalue weighted by Gasteiger charge is 2.43. The van der Waals surface area contributed by atoms with E-state index in [0.717, 1.165) is 0 Å². The van der Waals surface area contributed by atoms with Crippen LogP contribution in [0.25, 0.3) is 27.5 Å². The van der Waals surface area contributed by atoms with Gasteiger partial charge in [-0.3, -0.25) is 0 Å². The second-order valence-electron chi connectivity index (χ2n) is 14.4. The first-order valence-electron chi connectivity index (χ1n) is 16.4. The minimum Gasteiger partial charge on any atom is -0.309 e. The molecule has 0 saturated heterocycles.